The zero-order valence-corrected chi connectivity index (χ0v) is 16.3. The highest BCUT2D eigenvalue weighted by molar-refractivity contribution is 6.62. The molecular formula is C20H29BFNO3. The van der Waals surface area contributed by atoms with Crippen molar-refractivity contribution in [1.29, 1.82) is 0 Å². The fraction of sp³-hybridized carbons (Fsp3) is 0.650. The molecular weight excluding hydrogens is 332 g/mol. The molecule has 2 saturated heterocycles. The molecule has 1 aromatic carbocycles. The number of likely N-dealkylation sites (tertiary alicyclic amines) is 1. The van der Waals surface area contributed by atoms with Crippen LogP contribution in [0.3, 0.4) is 0 Å². The highest BCUT2D eigenvalue weighted by Crippen LogP contribution is 2.36. The molecule has 0 amide bonds. The number of nitrogens with zero attached hydrogens (tertiary/aromatic N) is 1. The molecule has 0 radical (unpaired) electrons. The predicted octanol–water partition coefficient (Wildman–Crippen LogP) is 2.85. The van der Waals surface area contributed by atoms with E-state index in [0.717, 1.165) is 37.1 Å². The van der Waals surface area contributed by atoms with E-state index in [1.807, 2.05) is 52.0 Å². The predicted molar refractivity (Wildman–Crippen MR) is 102 cm³/mol. The molecule has 1 atom stereocenters. The van der Waals surface area contributed by atoms with Gasteiger partial charge in [0.15, 0.2) is 5.78 Å². The molecule has 0 aromatic heterocycles. The van der Waals surface area contributed by atoms with Crippen LogP contribution in [-0.4, -0.2) is 55.3 Å². The van der Waals surface area contributed by atoms with Crippen molar-refractivity contribution in [2.45, 2.75) is 51.7 Å². The molecule has 1 aromatic rings. The highest BCUT2D eigenvalue weighted by Gasteiger charge is 2.51. The Morgan fingerprint density at radius 3 is 2.38 bits per heavy atom. The minimum Gasteiger partial charge on any atom is -0.399 e. The van der Waals surface area contributed by atoms with Crippen LogP contribution in [0.15, 0.2) is 24.3 Å². The van der Waals surface area contributed by atoms with Crippen LogP contribution in [0.25, 0.3) is 0 Å². The molecule has 4 nitrogen and oxygen atoms in total. The van der Waals surface area contributed by atoms with Crippen LogP contribution in [-0.2, 0) is 9.31 Å². The van der Waals surface area contributed by atoms with Gasteiger partial charge in [-0.05, 0) is 52.5 Å². The minimum atomic E-state index is -0.410. The first-order valence-corrected chi connectivity index (χ1v) is 9.51. The van der Waals surface area contributed by atoms with Crippen molar-refractivity contribution in [1.82, 2.24) is 4.90 Å². The van der Waals surface area contributed by atoms with Gasteiger partial charge in [-0.1, -0.05) is 24.3 Å². The number of Topliss-reactive ketones (excluding diaryl/α,β-unsaturated/α-hetero) is 1. The Kier molecular flexibility index (Phi) is 5.57. The molecule has 0 N–H and O–H groups in total. The first-order chi connectivity index (χ1) is 12.2. The van der Waals surface area contributed by atoms with Gasteiger partial charge in [-0.15, -0.1) is 0 Å². The molecule has 0 spiro atoms. The molecule has 1 unspecified atom stereocenters. The van der Waals surface area contributed by atoms with E-state index in [9.17, 15) is 9.18 Å². The number of alkyl halides is 1. The van der Waals surface area contributed by atoms with Gasteiger partial charge >= 0.3 is 7.12 Å². The average molecular weight is 361 g/mol. The van der Waals surface area contributed by atoms with Crippen molar-refractivity contribution in [3.05, 3.63) is 29.8 Å². The molecule has 2 fully saturated rings. The minimum absolute atomic E-state index is 0.0114. The molecule has 0 aliphatic carbocycles. The van der Waals surface area contributed by atoms with E-state index in [2.05, 4.69) is 4.90 Å². The van der Waals surface area contributed by atoms with Crippen LogP contribution in [0.2, 0.25) is 0 Å². The largest absolute Gasteiger partial charge is 0.494 e. The van der Waals surface area contributed by atoms with E-state index >= 15 is 0 Å². The summed E-state index contributed by atoms with van der Waals surface area (Å²) >= 11 is 0. The Morgan fingerprint density at radius 1 is 1.19 bits per heavy atom. The number of hydrogen-bond donors (Lipinski definition) is 0. The van der Waals surface area contributed by atoms with Crippen LogP contribution >= 0.6 is 0 Å². The standard InChI is InChI=1S/C20H29BFNO3/c1-19(2)20(3,4)26-21(25-19)17-8-6-15(7-9-17)18(24)16-10-13-23(14-16)12-5-11-22/h6-9,16H,5,10-14H2,1-4H3. The van der Waals surface area contributed by atoms with Crippen LogP contribution < -0.4 is 5.46 Å². The van der Waals surface area contributed by atoms with Gasteiger partial charge in [0.2, 0.25) is 0 Å². The maximum absolute atomic E-state index is 12.7. The molecule has 26 heavy (non-hydrogen) atoms. The number of ketones is 1. The summed E-state index contributed by atoms with van der Waals surface area (Å²) in [5.41, 5.74) is 0.900. The molecule has 142 valence electrons. The van der Waals surface area contributed by atoms with Crippen molar-refractivity contribution in [2.75, 3.05) is 26.3 Å². The number of halogens is 1. The summed E-state index contributed by atoms with van der Waals surface area (Å²) in [5, 5.41) is 0. The smallest absolute Gasteiger partial charge is 0.399 e. The first-order valence-electron chi connectivity index (χ1n) is 9.51. The average Bonchev–Trinajstić information content (AvgIpc) is 3.15. The zero-order valence-electron chi connectivity index (χ0n) is 16.3. The highest BCUT2D eigenvalue weighted by atomic mass is 19.1. The van der Waals surface area contributed by atoms with Crippen molar-refractivity contribution < 1.29 is 18.5 Å². The van der Waals surface area contributed by atoms with Gasteiger partial charge in [0.25, 0.3) is 0 Å². The Labute approximate surface area is 156 Å². The van der Waals surface area contributed by atoms with Crippen LogP contribution in [0, 0.1) is 5.92 Å². The molecule has 2 aliphatic rings. The maximum atomic E-state index is 12.7. The quantitative estimate of drug-likeness (QED) is 0.577. The second kappa shape index (κ2) is 7.41. The SMILES string of the molecule is CC1(C)OB(c2ccc(C(=O)C3CCN(CCCF)C3)cc2)OC1(C)C. The summed E-state index contributed by atoms with van der Waals surface area (Å²) in [6, 6.07) is 7.58. The molecule has 3 rings (SSSR count). The summed E-state index contributed by atoms with van der Waals surface area (Å²) in [5.74, 6) is 0.186. The molecule has 0 saturated carbocycles. The number of carbonyl (C=O) groups excluding carboxylic acids is 1. The van der Waals surface area contributed by atoms with E-state index in [1.165, 1.54) is 0 Å². The van der Waals surface area contributed by atoms with Gasteiger partial charge in [0.1, 0.15) is 0 Å². The summed E-state index contributed by atoms with van der Waals surface area (Å²) in [7, 11) is -0.410. The van der Waals surface area contributed by atoms with Gasteiger partial charge in [-0.3, -0.25) is 9.18 Å². The Bertz CT molecular complexity index is 631. The zero-order chi connectivity index (χ0) is 18.9. The van der Waals surface area contributed by atoms with Gasteiger partial charge < -0.3 is 14.2 Å². The second-order valence-corrected chi connectivity index (χ2v) is 8.40. The van der Waals surface area contributed by atoms with Crippen LogP contribution in [0.1, 0.15) is 50.9 Å². The fourth-order valence-electron chi connectivity index (χ4n) is 3.55. The topological polar surface area (TPSA) is 38.8 Å². The number of benzene rings is 1. The number of carbonyl (C=O) groups is 1. The van der Waals surface area contributed by atoms with E-state index in [0.29, 0.717) is 6.42 Å². The van der Waals surface area contributed by atoms with E-state index in [4.69, 9.17) is 9.31 Å². The lowest BCUT2D eigenvalue weighted by molar-refractivity contribution is 0.00578. The second-order valence-electron chi connectivity index (χ2n) is 8.40. The normalized spacial score (nSPS) is 25.0. The Balaban J connectivity index is 1.62. The lowest BCUT2D eigenvalue weighted by Gasteiger charge is -2.32. The van der Waals surface area contributed by atoms with Gasteiger partial charge in [-0.2, -0.15) is 0 Å². The van der Waals surface area contributed by atoms with E-state index < -0.39 is 7.12 Å². The molecule has 2 heterocycles. The maximum Gasteiger partial charge on any atom is 0.494 e. The number of rotatable bonds is 6. The van der Waals surface area contributed by atoms with E-state index in [-0.39, 0.29) is 29.6 Å². The van der Waals surface area contributed by atoms with Gasteiger partial charge in [0, 0.05) is 24.6 Å². The third kappa shape index (κ3) is 3.87. The summed E-state index contributed by atoms with van der Waals surface area (Å²) in [4.78, 5) is 14.9. The lowest BCUT2D eigenvalue weighted by Crippen LogP contribution is -2.41. The van der Waals surface area contributed by atoms with Crippen molar-refractivity contribution >= 4 is 18.4 Å². The first kappa shape index (κ1) is 19.5. The van der Waals surface area contributed by atoms with Gasteiger partial charge in [-0.25, -0.2) is 0 Å². The number of hydrogen-bond acceptors (Lipinski definition) is 4. The van der Waals surface area contributed by atoms with Crippen LogP contribution in [0.4, 0.5) is 4.39 Å². The molecule has 0 bridgehead atoms. The van der Waals surface area contributed by atoms with Crippen LogP contribution in [0.5, 0.6) is 0 Å². The summed E-state index contributed by atoms with van der Waals surface area (Å²) < 4.78 is 24.4. The van der Waals surface area contributed by atoms with Crippen molar-refractivity contribution in [3.8, 4) is 0 Å². The lowest BCUT2D eigenvalue weighted by atomic mass is 9.78. The fourth-order valence-corrected chi connectivity index (χ4v) is 3.55. The van der Waals surface area contributed by atoms with Crippen molar-refractivity contribution in [2.24, 2.45) is 5.92 Å². The van der Waals surface area contributed by atoms with Crippen molar-refractivity contribution in [3.63, 3.8) is 0 Å². The summed E-state index contributed by atoms with van der Waals surface area (Å²) in [6.07, 6.45) is 1.40. The molecule has 2 aliphatic heterocycles. The third-order valence-electron chi connectivity index (χ3n) is 5.97. The van der Waals surface area contributed by atoms with Gasteiger partial charge in [0.05, 0.1) is 17.9 Å². The summed E-state index contributed by atoms with van der Waals surface area (Å²) in [6.45, 7) is 10.2. The van der Waals surface area contributed by atoms with E-state index in [1.54, 1.807) is 0 Å². The molecule has 6 heteroatoms. The Morgan fingerprint density at radius 2 is 1.81 bits per heavy atom. The Hall–Kier alpha value is -1.24. The third-order valence-corrected chi connectivity index (χ3v) is 5.97. The monoisotopic (exact) mass is 361 g/mol.